The highest BCUT2D eigenvalue weighted by Gasteiger charge is 2.13. The Morgan fingerprint density at radius 3 is 3.11 bits per heavy atom. The van der Waals surface area contributed by atoms with Crippen LogP contribution in [0.15, 0.2) is 6.07 Å². The summed E-state index contributed by atoms with van der Waals surface area (Å²) in [6, 6.07) is 1.71. The molecule has 0 aliphatic carbocycles. The molecular weight excluding hydrogens is 254 g/mol. The number of hydrogen-bond acceptors (Lipinski definition) is 5. The minimum atomic E-state index is 0.262. The fourth-order valence-electron chi connectivity index (χ4n) is 1.94. The van der Waals surface area contributed by atoms with Gasteiger partial charge < -0.3 is 14.8 Å². The highest BCUT2D eigenvalue weighted by atomic mass is 35.5. The fraction of sp³-hybridized carbons (Fsp3) is 0.667. The number of aromatic nitrogens is 2. The molecule has 1 unspecified atom stereocenters. The number of anilines is 1. The quantitative estimate of drug-likeness (QED) is 0.833. The summed E-state index contributed by atoms with van der Waals surface area (Å²) < 4.78 is 10.6. The summed E-state index contributed by atoms with van der Waals surface area (Å²) in [7, 11) is 1.60. The van der Waals surface area contributed by atoms with Crippen molar-refractivity contribution in [2.24, 2.45) is 0 Å². The van der Waals surface area contributed by atoms with Gasteiger partial charge in [0, 0.05) is 26.3 Å². The van der Waals surface area contributed by atoms with Gasteiger partial charge in [-0.25, -0.2) is 9.97 Å². The number of methoxy groups -OCH3 is 1. The van der Waals surface area contributed by atoms with E-state index < -0.39 is 0 Å². The normalized spacial score (nSPS) is 19.8. The van der Waals surface area contributed by atoms with E-state index >= 15 is 0 Å². The van der Waals surface area contributed by atoms with Crippen LogP contribution in [0.4, 0.5) is 5.82 Å². The Kier molecular flexibility index (Phi) is 5.16. The number of nitrogens with one attached hydrogen (secondary N) is 1. The molecule has 0 amide bonds. The van der Waals surface area contributed by atoms with E-state index in [-0.39, 0.29) is 6.10 Å². The third-order valence-electron chi connectivity index (χ3n) is 2.80. The maximum absolute atomic E-state index is 5.93. The molecule has 0 saturated carbocycles. The van der Waals surface area contributed by atoms with Crippen molar-refractivity contribution in [3.63, 3.8) is 0 Å². The molecular formula is C12H18ClN3O2. The number of nitrogens with zero attached hydrogens (tertiary/aromatic N) is 2. The molecule has 1 aromatic heterocycles. The number of halogens is 1. The molecule has 1 aliphatic rings. The van der Waals surface area contributed by atoms with Crippen molar-refractivity contribution < 1.29 is 9.47 Å². The molecule has 0 spiro atoms. The molecule has 0 bridgehead atoms. The molecule has 18 heavy (non-hydrogen) atoms. The van der Waals surface area contributed by atoms with Crippen LogP contribution in [0.3, 0.4) is 0 Å². The van der Waals surface area contributed by atoms with Crippen molar-refractivity contribution in [2.45, 2.75) is 32.0 Å². The molecule has 5 nitrogen and oxygen atoms in total. The standard InChI is InChI=1S/C12H18ClN3O2/c1-17-8-12-15-10(13)6-11(16-12)14-7-9-4-2-3-5-18-9/h6,9H,2-5,7-8H2,1H3,(H,14,15,16). The van der Waals surface area contributed by atoms with E-state index in [1.54, 1.807) is 13.2 Å². The first kappa shape index (κ1) is 13.5. The summed E-state index contributed by atoms with van der Waals surface area (Å²) in [6.45, 7) is 1.96. The van der Waals surface area contributed by atoms with Gasteiger partial charge in [0.15, 0.2) is 5.82 Å². The van der Waals surface area contributed by atoms with Crippen LogP contribution in [0, 0.1) is 0 Å². The van der Waals surface area contributed by atoms with Crippen molar-refractivity contribution in [1.82, 2.24) is 9.97 Å². The fourth-order valence-corrected chi connectivity index (χ4v) is 2.14. The lowest BCUT2D eigenvalue weighted by Gasteiger charge is -2.23. The van der Waals surface area contributed by atoms with Gasteiger partial charge in [-0.15, -0.1) is 0 Å². The lowest BCUT2D eigenvalue weighted by molar-refractivity contribution is 0.0247. The van der Waals surface area contributed by atoms with Crippen molar-refractivity contribution in [1.29, 1.82) is 0 Å². The van der Waals surface area contributed by atoms with Gasteiger partial charge in [0.2, 0.25) is 0 Å². The van der Waals surface area contributed by atoms with Crippen LogP contribution >= 0.6 is 11.6 Å². The van der Waals surface area contributed by atoms with E-state index in [2.05, 4.69) is 15.3 Å². The maximum atomic E-state index is 5.93. The summed E-state index contributed by atoms with van der Waals surface area (Å²) >= 11 is 5.93. The molecule has 6 heteroatoms. The van der Waals surface area contributed by atoms with E-state index in [0.29, 0.717) is 17.6 Å². The predicted molar refractivity (Wildman–Crippen MR) is 69.8 cm³/mol. The first-order valence-electron chi connectivity index (χ1n) is 6.16. The Balaban J connectivity index is 1.91. The van der Waals surface area contributed by atoms with Gasteiger partial charge in [0.25, 0.3) is 0 Å². The van der Waals surface area contributed by atoms with Crippen LogP contribution in [0.25, 0.3) is 0 Å². The van der Waals surface area contributed by atoms with Crippen LogP contribution in [0.5, 0.6) is 0 Å². The second kappa shape index (κ2) is 6.87. The van der Waals surface area contributed by atoms with Gasteiger partial charge in [0.1, 0.15) is 17.6 Å². The lowest BCUT2D eigenvalue weighted by Crippen LogP contribution is -2.27. The summed E-state index contributed by atoms with van der Waals surface area (Å²) in [6.07, 6.45) is 3.74. The molecule has 1 atom stereocenters. The van der Waals surface area contributed by atoms with Crippen LogP contribution in [0.1, 0.15) is 25.1 Å². The Morgan fingerprint density at radius 1 is 1.50 bits per heavy atom. The summed E-state index contributed by atoms with van der Waals surface area (Å²) in [5.74, 6) is 1.30. The monoisotopic (exact) mass is 271 g/mol. The van der Waals surface area contributed by atoms with Crippen molar-refractivity contribution in [3.05, 3.63) is 17.0 Å². The topological polar surface area (TPSA) is 56.3 Å². The molecule has 2 rings (SSSR count). The Morgan fingerprint density at radius 2 is 2.39 bits per heavy atom. The highest BCUT2D eigenvalue weighted by molar-refractivity contribution is 6.29. The molecule has 100 valence electrons. The van der Waals surface area contributed by atoms with Gasteiger partial charge in [-0.1, -0.05) is 11.6 Å². The summed E-state index contributed by atoms with van der Waals surface area (Å²) in [5.41, 5.74) is 0. The van der Waals surface area contributed by atoms with E-state index in [4.69, 9.17) is 21.1 Å². The lowest BCUT2D eigenvalue weighted by atomic mass is 10.1. The average Bonchev–Trinajstić information content (AvgIpc) is 2.37. The summed E-state index contributed by atoms with van der Waals surface area (Å²) in [4.78, 5) is 8.40. The number of ether oxygens (including phenoxy) is 2. The Labute approximate surface area is 112 Å². The Hall–Kier alpha value is -0.910. The molecule has 2 heterocycles. The minimum absolute atomic E-state index is 0.262. The molecule has 1 aromatic rings. The Bertz CT molecular complexity index is 384. The molecule has 1 aliphatic heterocycles. The smallest absolute Gasteiger partial charge is 0.158 e. The molecule has 1 saturated heterocycles. The molecule has 1 fully saturated rings. The maximum Gasteiger partial charge on any atom is 0.158 e. The zero-order chi connectivity index (χ0) is 12.8. The van der Waals surface area contributed by atoms with Crippen molar-refractivity contribution in [3.8, 4) is 0 Å². The van der Waals surface area contributed by atoms with E-state index in [1.807, 2.05) is 0 Å². The third kappa shape index (κ3) is 4.08. The van der Waals surface area contributed by atoms with Gasteiger partial charge in [0.05, 0.1) is 6.10 Å². The zero-order valence-electron chi connectivity index (χ0n) is 10.5. The third-order valence-corrected chi connectivity index (χ3v) is 2.99. The predicted octanol–water partition coefficient (Wildman–Crippen LogP) is 2.26. The van der Waals surface area contributed by atoms with Gasteiger partial charge in [-0.3, -0.25) is 0 Å². The van der Waals surface area contributed by atoms with Crippen LogP contribution in [-0.4, -0.2) is 36.3 Å². The van der Waals surface area contributed by atoms with Crippen molar-refractivity contribution in [2.75, 3.05) is 25.6 Å². The van der Waals surface area contributed by atoms with Gasteiger partial charge >= 0.3 is 0 Å². The van der Waals surface area contributed by atoms with Crippen molar-refractivity contribution >= 4 is 17.4 Å². The molecule has 0 radical (unpaired) electrons. The number of rotatable bonds is 5. The second-order valence-corrected chi connectivity index (χ2v) is 4.68. The zero-order valence-corrected chi connectivity index (χ0v) is 11.2. The molecule has 1 N–H and O–H groups in total. The van der Waals surface area contributed by atoms with Crippen LogP contribution in [-0.2, 0) is 16.1 Å². The van der Waals surface area contributed by atoms with Crippen LogP contribution < -0.4 is 5.32 Å². The molecule has 0 aromatic carbocycles. The SMILES string of the molecule is COCc1nc(Cl)cc(NCC2CCCCO2)n1. The van der Waals surface area contributed by atoms with E-state index in [1.165, 1.54) is 6.42 Å². The first-order valence-corrected chi connectivity index (χ1v) is 6.53. The van der Waals surface area contributed by atoms with E-state index in [0.717, 1.165) is 31.8 Å². The van der Waals surface area contributed by atoms with Gasteiger partial charge in [-0.05, 0) is 19.3 Å². The van der Waals surface area contributed by atoms with Gasteiger partial charge in [-0.2, -0.15) is 0 Å². The van der Waals surface area contributed by atoms with E-state index in [9.17, 15) is 0 Å². The average molecular weight is 272 g/mol. The first-order chi connectivity index (χ1) is 8.78. The van der Waals surface area contributed by atoms with Crippen LogP contribution in [0.2, 0.25) is 5.15 Å². The second-order valence-electron chi connectivity index (χ2n) is 4.29. The summed E-state index contributed by atoms with van der Waals surface area (Å²) in [5, 5.41) is 3.66. The number of hydrogen-bond donors (Lipinski definition) is 1. The minimum Gasteiger partial charge on any atom is -0.377 e. The largest absolute Gasteiger partial charge is 0.377 e. The highest BCUT2D eigenvalue weighted by Crippen LogP contribution is 2.15.